The lowest BCUT2D eigenvalue weighted by atomic mass is 10.1. The number of benzene rings is 1. The molecular formula is C13H19NO3. The first-order valence-corrected chi connectivity index (χ1v) is 5.63. The Balaban J connectivity index is 2.60. The Hall–Kier alpha value is -1.71. The van der Waals surface area contributed by atoms with Gasteiger partial charge >= 0.3 is 5.97 Å². The molecule has 94 valence electrons. The van der Waals surface area contributed by atoms with Gasteiger partial charge in [-0.1, -0.05) is 0 Å². The summed E-state index contributed by atoms with van der Waals surface area (Å²) in [5.74, 6) is 0.0697. The number of aliphatic carboxylic acids is 1. The Kier molecular flexibility index (Phi) is 4.82. The molecule has 4 nitrogen and oxygen atoms in total. The number of ether oxygens (including phenoxy) is 1. The van der Waals surface area contributed by atoms with E-state index in [-0.39, 0.29) is 12.5 Å². The molecule has 0 heterocycles. The summed E-state index contributed by atoms with van der Waals surface area (Å²) in [6.07, 6.45) is 0.833. The van der Waals surface area contributed by atoms with Crippen LogP contribution in [0.25, 0.3) is 0 Å². The van der Waals surface area contributed by atoms with E-state index in [1.165, 1.54) is 0 Å². The molecule has 0 saturated heterocycles. The summed E-state index contributed by atoms with van der Waals surface area (Å²) in [7, 11) is 3.60. The minimum absolute atomic E-state index is 0.194. The van der Waals surface area contributed by atoms with E-state index < -0.39 is 5.97 Å². The topological polar surface area (TPSA) is 49.8 Å². The second-order valence-electron chi connectivity index (χ2n) is 4.09. The lowest BCUT2D eigenvalue weighted by Crippen LogP contribution is -2.29. The van der Waals surface area contributed by atoms with E-state index in [0.717, 1.165) is 11.4 Å². The van der Waals surface area contributed by atoms with Crippen molar-refractivity contribution in [1.82, 2.24) is 0 Å². The Labute approximate surface area is 102 Å². The van der Waals surface area contributed by atoms with Crippen molar-refractivity contribution < 1.29 is 14.6 Å². The second kappa shape index (κ2) is 6.13. The van der Waals surface area contributed by atoms with Crippen LogP contribution in [0.3, 0.4) is 0 Å². The van der Waals surface area contributed by atoms with Gasteiger partial charge in [0.15, 0.2) is 0 Å². The standard InChI is InChI=1S/C13H19NO3/c1-10(4-9-13(15)16)14(2)11-5-7-12(17-3)8-6-11/h5-8,10H,4,9H2,1-3H3,(H,15,16). The molecule has 0 fully saturated rings. The molecule has 0 bridgehead atoms. The largest absolute Gasteiger partial charge is 0.497 e. The zero-order chi connectivity index (χ0) is 12.8. The maximum absolute atomic E-state index is 10.5. The van der Waals surface area contributed by atoms with Crippen LogP contribution in [-0.4, -0.2) is 31.3 Å². The van der Waals surface area contributed by atoms with Gasteiger partial charge in [-0.25, -0.2) is 0 Å². The lowest BCUT2D eigenvalue weighted by molar-refractivity contribution is -0.137. The quantitative estimate of drug-likeness (QED) is 0.825. The Morgan fingerprint density at radius 2 is 2.00 bits per heavy atom. The van der Waals surface area contributed by atoms with Gasteiger partial charge in [0, 0.05) is 25.2 Å². The number of carbonyl (C=O) groups is 1. The molecule has 1 atom stereocenters. The normalized spacial score (nSPS) is 11.9. The van der Waals surface area contributed by atoms with Gasteiger partial charge in [-0.3, -0.25) is 4.79 Å². The van der Waals surface area contributed by atoms with Gasteiger partial charge in [-0.15, -0.1) is 0 Å². The molecule has 1 aromatic carbocycles. The molecule has 0 aliphatic heterocycles. The zero-order valence-corrected chi connectivity index (χ0v) is 10.5. The lowest BCUT2D eigenvalue weighted by Gasteiger charge is -2.26. The van der Waals surface area contributed by atoms with Crippen LogP contribution >= 0.6 is 0 Å². The van der Waals surface area contributed by atoms with E-state index in [4.69, 9.17) is 9.84 Å². The minimum atomic E-state index is -0.750. The van der Waals surface area contributed by atoms with Crippen LogP contribution in [0.1, 0.15) is 19.8 Å². The van der Waals surface area contributed by atoms with Crippen molar-refractivity contribution in [3.63, 3.8) is 0 Å². The van der Waals surface area contributed by atoms with Crippen LogP contribution in [0.5, 0.6) is 5.75 Å². The second-order valence-corrected chi connectivity index (χ2v) is 4.09. The summed E-state index contributed by atoms with van der Waals surface area (Å²) in [6, 6.07) is 7.93. The maximum atomic E-state index is 10.5. The highest BCUT2D eigenvalue weighted by molar-refractivity contribution is 5.66. The van der Waals surface area contributed by atoms with Crippen LogP contribution in [0, 0.1) is 0 Å². The van der Waals surface area contributed by atoms with Gasteiger partial charge < -0.3 is 14.7 Å². The smallest absolute Gasteiger partial charge is 0.303 e. The summed E-state index contributed by atoms with van der Waals surface area (Å²) >= 11 is 0. The van der Waals surface area contributed by atoms with Crippen molar-refractivity contribution in [3.05, 3.63) is 24.3 Å². The minimum Gasteiger partial charge on any atom is -0.497 e. The third kappa shape index (κ3) is 3.98. The fourth-order valence-electron chi connectivity index (χ4n) is 1.60. The number of nitrogens with zero attached hydrogens (tertiary/aromatic N) is 1. The van der Waals surface area contributed by atoms with Crippen molar-refractivity contribution in [2.24, 2.45) is 0 Å². The van der Waals surface area contributed by atoms with Crippen molar-refractivity contribution >= 4 is 11.7 Å². The maximum Gasteiger partial charge on any atom is 0.303 e. The highest BCUT2D eigenvalue weighted by atomic mass is 16.5. The fourth-order valence-corrected chi connectivity index (χ4v) is 1.60. The molecule has 0 aliphatic carbocycles. The molecule has 1 rings (SSSR count). The molecule has 0 aliphatic rings. The van der Waals surface area contributed by atoms with Crippen molar-refractivity contribution in [3.8, 4) is 5.75 Å². The first-order valence-electron chi connectivity index (χ1n) is 5.63. The molecule has 0 saturated carbocycles. The van der Waals surface area contributed by atoms with Crippen molar-refractivity contribution in [2.75, 3.05) is 19.1 Å². The van der Waals surface area contributed by atoms with Gasteiger partial charge in [0.05, 0.1) is 7.11 Å². The molecule has 0 aromatic heterocycles. The number of carboxylic acid groups (broad SMARTS) is 1. The van der Waals surface area contributed by atoms with E-state index in [2.05, 4.69) is 4.90 Å². The zero-order valence-electron chi connectivity index (χ0n) is 10.5. The van der Waals surface area contributed by atoms with Crippen LogP contribution in [-0.2, 0) is 4.79 Å². The number of rotatable bonds is 6. The predicted octanol–water partition coefficient (Wildman–Crippen LogP) is 2.38. The molecule has 4 heteroatoms. The van der Waals surface area contributed by atoms with Crippen LogP contribution < -0.4 is 9.64 Å². The summed E-state index contributed by atoms with van der Waals surface area (Å²) in [5, 5.41) is 8.65. The molecule has 0 radical (unpaired) electrons. The van der Waals surface area contributed by atoms with Crippen LogP contribution in [0.15, 0.2) is 24.3 Å². The van der Waals surface area contributed by atoms with Gasteiger partial charge in [0.25, 0.3) is 0 Å². The molecule has 1 aromatic rings. The number of methoxy groups -OCH3 is 1. The molecule has 17 heavy (non-hydrogen) atoms. The Morgan fingerprint density at radius 3 is 2.47 bits per heavy atom. The number of hydrogen-bond acceptors (Lipinski definition) is 3. The van der Waals surface area contributed by atoms with Gasteiger partial charge in [-0.05, 0) is 37.6 Å². The highest BCUT2D eigenvalue weighted by Crippen LogP contribution is 2.21. The Bertz CT molecular complexity index is 361. The average Bonchev–Trinajstić information content (AvgIpc) is 2.35. The van der Waals surface area contributed by atoms with Gasteiger partial charge in [0.1, 0.15) is 5.75 Å². The summed E-state index contributed by atoms with van der Waals surface area (Å²) in [5.41, 5.74) is 1.06. The third-order valence-electron chi connectivity index (χ3n) is 2.92. The van der Waals surface area contributed by atoms with Crippen molar-refractivity contribution in [2.45, 2.75) is 25.8 Å². The summed E-state index contributed by atoms with van der Waals surface area (Å²) < 4.78 is 5.09. The molecule has 1 unspecified atom stereocenters. The van der Waals surface area contributed by atoms with Gasteiger partial charge in [0.2, 0.25) is 0 Å². The monoisotopic (exact) mass is 237 g/mol. The molecule has 1 N–H and O–H groups in total. The number of carboxylic acids is 1. The van der Waals surface area contributed by atoms with Crippen LogP contribution in [0.4, 0.5) is 5.69 Å². The summed E-state index contributed by atoms with van der Waals surface area (Å²) in [6.45, 7) is 2.02. The van der Waals surface area contributed by atoms with E-state index in [0.29, 0.717) is 6.42 Å². The molecular weight excluding hydrogens is 218 g/mol. The molecule has 0 spiro atoms. The average molecular weight is 237 g/mol. The van der Waals surface area contributed by atoms with E-state index in [1.54, 1.807) is 7.11 Å². The first-order chi connectivity index (χ1) is 8.04. The third-order valence-corrected chi connectivity index (χ3v) is 2.92. The van der Waals surface area contributed by atoms with E-state index in [9.17, 15) is 4.79 Å². The number of hydrogen-bond donors (Lipinski definition) is 1. The first kappa shape index (κ1) is 13.4. The van der Waals surface area contributed by atoms with E-state index >= 15 is 0 Å². The fraction of sp³-hybridized carbons (Fsp3) is 0.462. The van der Waals surface area contributed by atoms with E-state index in [1.807, 2.05) is 38.2 Å². The van der Waals surface area contributed by atoms with Crippen molar-refractivity contribution in [1.29, 1.82) is 0 Å². The number of anilines is 1. The predicted molar refractivity (Wildman–Crippen MR) is 67.7 cm³/mol. The molecule has 0 amide bonds. The summed E-state index contributed by atoms with van der Waals surface area (Å²) in [4.78, 5) is 12.6. The van der Waals surface area contributed by atoms with Crippen LogP contribution in [0.2, 0.25) is 0 Å². The Morgan fingerprint density at radius 1 is 1.41 bits per heavy atom. The van der Waals surface area contributed by atoms with Gasteiger partial charge in [-0.2, -0.15) is 0 Å². The SMILES string of the molecule is COc1ccc(N(C)C(C)CCC(=O)O)cc1. The highest BCUT2D eigenvalue weighted by Gasteiger charge is 2.11.